The summed E-state index contributed by atoms with van der Waals surface area (Å²) in [7, 11) is 0. The second-order valence-corrected chi connectivity index (χ2v) is 8.47. The Labute approximate surface area is 151 Å². The Morgan fingerprint density at radius 3 is 2.84 bits per heavy atom. The lowest BCUT2D eigenvalue weighted by Gasteiger charge is -2.28. The number of aryl methyl sites for hydroxylation is 1. The van der Waals surface area contributed by atoms with Gasteiger partial charge in [0.1, 0.15) is 11.6 Å². The maximum atomic E-state index is 12.7. The van der Waals surface area contributed by atoms with E-state index >= 15 is 0 Å². The van der Waals surface area contributed by atoms with Crippen LogP contribution in [0.4, 0.5) is 10.5 Å². The molecule has 1 aliphatic rings. The number of anilines is 1. The number of hydrogen-bond donors (Lipinski definition) is 1. The third-order valence-electron chi connectivity index (χ3n) is 3.95. The minimum atomic E-state index is -0.574. The molecular formula is C18H23N3O3S. The summed E-state index contributed by atoms with van der Waals surface area (Å²) in [5.41, 5.74) is 1.07. The predicted octanol–water partition coefficient (Wildman–Crippen LogP) is 3.94. The second kappa shape index (κ2) is 6.63. The number of rotatable bonds is 2. The summed E-state index contributed by atoms with van der Waals surface area (Å²) < 4.78 is 6.45. The first-order valence-electron chi connectivity index (χ1n) is 8.40. The van der Waals surface area contributed by atoms with Gasteiger partial charge in [-0.2, -0.15) is 0 Å². The van der Waals surface area contributed by atoms with Gasteiger partial charge in [0.2, 0.25) is 5.91 Å². The third-order valence-corrected chi connectivity index (χ3v) is 4.88. The van der Waals surface area contributed by atoms with Crippen LogP contribution in [0.15, 0.2) is 18.2 Å². The Morgan fingerprint density at radius 1 is 1.36 bits per heavy atom. The van der Waals surface area contributed by atoms with Crippen molar-refractivity contribution in [1.29, 1.82) is 0 Å². The van der Waals surface area contributed by atoms with Gasteiger partial charge in [0.05, 0.1) is 15.2 Å². The topological polar surface area (TPSA) is 71.5 Å². The number of nitrogens with one attached hydrogen (secondary N) is 1. The summed E-state index contributed by atoms with van der Waals surface area (Å²) in [6.07, 6.45) is 1.01. The van der Waals surface area contributed by atoms with E-state index in [4.69, 9.17) is 4.74 Å². The van der Waals surface area contributed by atoms with Gasteiger partial charge in [-0.05, 0) is 58.7 Å². The molecule has 0 bridgehead atoms. The number of amides is 2. The van der Waals surface area contributed by atoms with Crippen LogP contribution in [0.2, 0.25) is 0 Å². The van der Waals surface area contributed by atoms with Crippen molar-refractivity contribution >= 4 is 39.2 Å². The van der Waals surface area contributed by atoms with Gasteiger partial charge >= 0.3 is 6.09 Å². The zero-order valence-electron chi connectivity index (χ0n) is 15.0. The SMILES string of the molecule is Cc1nc2ccc(NC(=O)[C@@H]3CCCN3C(=O)OC(C)(C)C)cc2s1. The number of carbonyl (C=O) groups is 2. The van der Waals surface area contributed by atoms with E-state index in [2.05, 4.69) is 10.3 Å². The molecule has 1 saturated heterocycles. The first kappa shape index (κ1) is 17.7. The van der Waals surface area contributed by atoms with Crippen molar-refractivity contribution in [2.45, 2.75) is 52.2 Å². The monoisotopic (exact) mass is 361 g/mol. The molecule has 2 amide bonds. The van der Waals surface area contributed by atoms with Crippen LogP contribution in [0.25, 0.3) is 10.2 Å². The Hall–Kier alpha value is -2.15. The van der Waals surface area contributed by atoms with E-state index in [1.54, 1.807) is 11.3 Å². The first-order chi connectivity index (χ1) is 11.7. The van der Waals surface area contributed by atoms with Crippen molar-refractivity contribution in [3.8, 4) is 0 Å². The van der Waals surface area contributed by atoms with Gasteiger partial charge in [-0.25, -0.2) is 9.78 Å². The van der Waals surface area contributed by atoms with Crippen molar-refractivity contribution < 1.29 is 14.3 Å². The molecule has 2 heterocycles. The standard InChI is InChI=1S/C18H23N3O3S/c1-11-19-13-8-7-12(10-15(13)25-11)20-16(22)14-6-5-9-21(14)17(23)24-18(2,3)4/h7-8,10,14H,5-6,9H2,1-4H3,(H,20,22)/t14-/m0/s1. The molecular weight excluding hydrogens is 338 g/mol. The fourth-order valence-corrected chi connectivity index (χ4v) is 3.79. The zero-order valence-corrected chi connectivity index (χ0v) is 15.8. The van der Waals surface area contributed by atoms with Gasteiger partial charge in [-0.3, -0.25) is 9.69 Å². The molecule has 1 aromatic carbocycles. The van der Waals surface area contributed by atoms with Crippen molar-refractivity contribution in [3.63, 3.8) is 0 Å². The number of fused-ring (bicyclic) bond motifs is 1. The van der Waals surface area contributed by atoms with Crippen molar-refractivity contribution in [3.05, 3.63) is 23.2 Å². The number of likely N-dealkylation sites (tertiary alicyclic amines) is 1. The molecule has 1 fully saturated rings. The molecule has 0 spiro atoms. The lowest BCUT2D eigenvalue weighted by molar-refractivity contribution is -0.120. The highest BCUT2D eigenvalue weighted by Crippen LogP contribution is 2.26. The van der Waals surface area contributed by atoms with E-state index in [9.17, 15) is 9.59 Å². The summed E-state index contributed by atoms with van der Waals surface area (Å²) in [6, 6.07) is 5.17. The van der Waals surface area contributed by atoms with Crippen molar-refractivity contribution in [1.82, 2.24) is 9.88 Å². The molecule has 1 N–H and O–H groups in total. The molecule has 6 nitrogen and oxygen atoms in total. The summed E-state index contributed by atoms with van der Waals surface area (Å²) in [4.78, 5) is 30.9. The van der Waals surface area contributed by atoms with Crippen molar-refractivity contribution in [2.75, 3.05) is 11.9 Å². The van der Waals surface area contributed by atoms with Crippen LogP contribution in [0.3, 0.4) is 0 Å². The Bertz CT molecular complexity index is 809. The number of ether oxygens (including phenoxy) is 1. The molecule has 1 aliphatic heterocycles. The Balaban J connectivity index is 1.71. The number of benzene rings is 1. The van der Waals surface area contributed by atoms with E-state index in [-0.39, 0.29) is 5.91 Å². The maximum Gasteiger partial charge on any atom is 0.410 e. The predicted molar refractivity (Wildman–Crippen MR) is 98.9 cm³/mol. The van der Waals surface area contributed by atoms with Gasteiger partial charge in [0.15, 0.2) is 0 Å². The second-order valence-electron chi connectivity index (χ2n) is 7.24. The van der Waals surface area contributed by atoms with Gasteiger partial charge < -0.3 is 10.1 Å². The van der Waals surface area contributed by atoms with E-state index in [1.165, 1.54) is 4.90 Å². The van der Waals surface area contributed by atoms with Crippen LogP contribution in [0.5, 0.6) is 0 Å². The highest BCUT2D eigenvalue weighted by atomic mass is 32.1. The van der Waals surface area contributed by atoms with Gasteiger partial charge in [-0.1, -0.05) is 0 Å². The van der Waals surface area contributed by atoms with E-state index in [1.807, 2.05) is 45.9 Å². The van der Waals surface area contributed by atoms with Crippen LogP contribution in [-0.2, 0) is 9.53 Å². The number of aromatic nitrogens is 1. The highest BCUT2D eigenvalue weighted by molar-refractivity contribution is 7.18. The lowest BCUT2D eigenvalue weighted by atomic mass is 10.2. The van der Waals surface area contributed by atoms with E-state index in [0.29, 0.717) is 13.0 Å². The minimum Gasteiger partial charge on any atom is -0.444 e. The van der Waals surface area contributed by atoms with Gasteiger partial charge in [-0.15, -0.1) is 11.3 Å². The molecule has 25 heavy (non-hydrogen) atoms. The summed E-state index contributed by atoms with van der Waals surface area (Å²) in [5, 5.41) is 3.91. The minimum absolute atomic E-state index is 0.177. The zero-order chi connectivity index (χ0) is 18.2. The molecule has 1 atom stereocenters. The number of nitrogens with zero attached hydrogens (tertiary/aromatic N) is 2. The fourth-order valence-electron chi connectivity index (χ4n) is 2.92. The molecule has 134 valence electrons. The Kier molecular flexibility index (Phi) is 4.69. The van der Waals surface area contributed by atoms with Gasteiger partial charge in [0, 0.05) is 12.2 Å². The fraction of sp³-hybridized carbons (Fsp3) is 0.500. The van der Waals surface area contributed by atoms with Crippen LogP contribution >= 0.6 is 11.3 Å². The summed E-state index contributed by atoms with van der Waals surface area (Å²) >= 11 is 1.59. The molecule has 2 aromatic rings. The number of thiazole rings is 1. The largest absolute Gasteiger partial charge is 0.444 e. The van der Waals surface area contributed by atoms with Crippen LogP contribution in [-0.4, -0.2) is 40.1 Å². The van der Waals surface area contributed by atoms with E-state index in [0.717, 1.165) is 27.3 Å². The van der Waals surface area contributed by atoms with Gasteiger partial charge in [0.25, 0.3) is 0 Å². The molecule has 0 radical (unpaired) electrons. The smallest absolute Gasteiger partial charge is 0.410 e. The third kappa shape index (κ3) is 4.10. The quantitative estimate of drug-likeness (QED) is 0.879. The normalized spacial score (nSPS) is 17.8. The molecule has 0 aliphatic carbocycles. The molecule has 3 rings (SSSR count). The molecule has 0 saturated carbocycles. The maximum absolute atomic E-state index is 12.7. The molecule has 7 heteroatoms. The summed E-state index contributed by atoms with van der Waals surface area (Å²) in [6.45, 7) is 7.97. The summed E-state index contributed by atoms with van der Waals surface area (Å²) in [5.74, 6) is -0.177. The van der Waals surface area contributed by atoms with E-state index < -0.39 is 17.7 Å². The lowest BCUT2D eigenvalue weighted by Crippen LogP contribution is -2.45. The average Bonchev–Trinajstić information content (AvgIpc) is 3.10. The molecule has 0 unspecified atom stereocenters. The van der Waals surface area contributed by atoms with Crippen LogP contribution < -0.4 is 5.32 Å². The van der Waals surface area contributed by atoms with Crippen LogP contribution in [0, 0.1) is 6.92 Å². The Morgan fingerprint density at radius 2 is 2.12 bits per heavy atom. The van der Waals surface area contributed by atoms with Crippen molar-refractivity contribution in [2.24, 2.45) is 0 Å². The number of carbonyl (C=O) groups excluding carboxylic acids is 2. The average molecular weight is 361 g/mol. The first-order valence-corrected chi connectivity index (χ1v) is 9.22. The molecule has 1 aromatic heterocycles. The van der Waals surface area contributed by atoms with Crippen LogP contribution in [0.1, 0.15) is 38.6 Å². The highest BCUT2D eigenvalue weighted by Gasteiger charge is 2.36. The number of hydrogen-bond acceptors (Lipinski definition) is 5.